The highest BCUT2D eigenvalue weighted by atomic mass is 16.5. The van der Waals surface area contributed by atoms with Gasteiger partial charge in [-0.25, -0.2) is 0 Å². The zero-order valence-corrected chi connectivity index (χ0v) is 12.6. The van der Waals surface area contributed by atoms with Crippen LogP contribution in [0, 0.1) is 18.8 Å². The van der Waals surface area contributed by atoms with E-state index in [-0.39, 0.29) is 0 Å². The summed E-state index contributed by atoms with van der Waals surface area (Å²) in [4.78, 5) is 0. The topological polar surface area (TPSA) is 21.3 Å². The molecule has 0 radical (unpaired) electrons. The molecule has 0 fully saturated rings. The second-order valence-electron chi connectivity index (χ2n) is 5.38. The van der Waals surface area contributed by atoms with Crippen molar-refractivity contribution in [3.63, 3.8) is 0 Å². The molecule has 0 saturated carbocycles. The van der Waals surface area contributed by atoms with Crippen LogP contribution in [0.25, 0.3) is 0 Å². The van der Waals surface area contributed by atoms with Crippen molar-refractivity contribution in [3.05, 3.63) is 29.3 Å². The van der Waals surface area contributed by atoms with E-state index in [1.54, 1.807) is 7.11 Å². The Hall–Kier alpha value is -1.02. The lowest BCUT2D eigenvalue weighted by molar-refractivity contribution is 0.297. The third-order valence-corrected chi connectivity index (χ3v) is 3.72. The van der Waals surface area contributed by atoms with Gasteiger partial charge in [-0.05, 0) is 31.4 Å². The number of ether oxygens (including phenoxy) is 1. The molecule has 1 aromatic carbocycles. The van der Waals surface area contributed by atoms with Crippen LogP contribution in [0.15, 0.2) is 18.2 Å². The number of nitrogens with one attached hydrogen (secondary N) is 1. The van der Waals surface area contributed by atoms with Gasteiger partial charge in [-0.1, -0.05) is 45.4 Å². The van der Waals surface area contributed by atoms with Crippen molar-refractivity contribution in [2.45, 2.75) is 40.7 Å². The summed E-state index contributed by atoms with van der Waals surface area (Å²) in [6, 6.07) is 6.77. The largest absolute Gasteiger partial charge is 0.496 e. The molecule has 0 bridgehead atoms. The summed E-state index contributed by atoms with van der Waals surface area (Å²) in [7, 11) is 1.75. The summed E-state index contributed by atoms with van der Waals surface area (Å²) in [6.07, 6.45) is 0. The fraction of sp³-hybridized carbons (Fsp3) is 0.625. The Kier molecular flexibility index (Phi) is 5.67. The Morgan fingerprint density at radius 3 is 2.39 bits per heavy atom. The van der Waals surface area contributed by atoms with E-state index in [0.29, 0.717) is 17.9 Å². The molecule has 18 heavy (non-hydrogen) atoms. The van der Waals surface area contributed by atoms with Crippen molar-refractivity contribution < 1.29 is 4.74 Å². The number of hydrogen-bond donors (Lipinski definition) is 1. The summed E-state index contributed by atoms with van der Waals surface area (Å²) in [5.74, 6) is 2.19. The zero-order valence-electron chi connectivity index (χ0n) is 12.6. The van der Waals surface area contributed by atoms with Crippen LogP contribution in [0.2, 0.25) is 0 Å². The molecule has 0 saturated heterocycles. The van der Waals surface area contributed by atoms with Gasteiger partial charge in [-0.15, -0.1) is 0 Å². The molecule has 0 aliphatic heterocycles. The molecule has 2 heteroatoms. The van der Waals surface area contributed by atoms with Gasteiger partial charge in [-0.3, -0.25) is 0 Å². The van der Waals surface area contributed by atoms with Crippen LogP contribution in [-0.2, 0) is 0 Å². The van der Waals surface area contributed by atoms with Crippen molar-refractivity contribution in [2.75, 3.05) is 13.7 Å². The van der Waals surface area contributed by atoms with Crippen molar-refractivity contribution in [1.82, 2.24) is 5.32 Å². The van der Waals surface area contributed by atoms with Gasteiger partial charge in [0, 0.05) is 11.6 Å². The van der Waals surface area contributed by atoms with Gasteiger partial charge in [0.25, 0.3) is 0 Å². The number of hydrogen-bond acceptors (Lipinski definition) is 2. The Bertz CT molecular complexity index is 373. The number of benzene rings is 1. The highest BCUT2D eigenvalue weighted by molar-refractivity contribution is 5.39. The Morgan fingerprint density at radius 2 is 1.89 bits per heavy atom. The van der Waals surface area contributed by atoms with Crippen LogP contribution in [-0.4, -0.2) is 13.7 Å². The second kappa shape index (κ2) is 6.79. The van der Waals surface area contributed by atoms with Crippen LogP contribution in [0.4, 0.5) is 0 Å². The Labute approximate surface area is 112 Å². The monoisotopic (exact) mass is 249 g/mol. The van der Waals surface area contributed by atoms with E-state index in [9.17, 15) is 0 Å². The van der Waals surface area contributed by atoms with Crippen LogP contribution in [0.3, 0.4) is 0 Å². The second-order valence-corrected chi connectivity index (χ2v) is 5.38. The quantitative estimate of drug-likeness (QED) is 0.824. The molecule has 0 heterocycles. The van der Waals surface area contributed by atoms with Crippen molar-refractivity contribution in [2.24, 2.45) is 11.8 Å². The van der Waals surface area contributed by atoms with Crippen molar-refractivity contribution in [1.29, 1.82) is 0 Å². The number of methoxy groups -OCH3 is 1. The minimum absolute atomic E-state index is 0.352. The molecule has 0 amide bonds. The molecule has 2 atom stereocenters. The molecule has 0 spiro atoms. The van der Waals surface area contributed by atoms with Gasteiger partial charge < -0.3 is 10.1 Å². The first-order valence-electron chi connectivity index (χ1n) is 6.89. The minimum atomic E-state index is 0.352. The van der Waals surface area contributed by atoms with E-state index in [4.69, 9.17) is 4.74 Å². The number of rotatable bonds is 6. The molecule has 0 aliphatic rings. The highest BCUT2D eigenvalue weighted by Crippen LogP contribution is 2.34. The summed E-state index contributed by atoms with van der Waals surface area (Å²) in [5, 5.41) is 3.60. The van der Waals surface area contributed by atoms with Crippen molar-refractivity contribution in [3.8, 4) is 5.75 Å². The molecule has 0 aromatic heterocycles. The van der Waals surface area contributed by atoms with Gasteiger partial charge in [0.05, 0.1) is 7.11 Å². The zero-order chi connectivity index (χ0) is 13.7. The van der Waals surface area contributed by atoms with Gasteiger partial charge in [0.15, 0.2) is 0 Å². The van der Waals surface area contributed by atoms with E-state index >= 15 is 0 Å². The van der Waals surface area contributed by atoms with Crippen LogP contribution < -0.4 is 10.1 Å². The molecule has 0 aliphatic carbocycles. The fourth-order valence-electron chi connectivity index (χ4n) is 2.28. The Balaban J connectivity index is 3.15. The lowest BCUT2D eigenvalue weighted by Crippen LogP contribution is -2.29. The smallest absolute Gasteiger partial charge is 0.123 e. The SMILES string of the molecule is CCNC(c1cc(C)ccc1OC)C(C)C(C)C. The lowest BCUT2D eigenvalue weighted by atomic mass is 9.85. The first kappa shape index (κ1) is 15.0. The predicted molar refractivity (Wildman–Crippen MR) is 78.2 cm³/mol. The average Bonchev–Trinajstić information content (AvgIpc) is 2.35. The van der Waals surface area contributed by atoms with E-state index < -0.39 is 0 Å². The lowest BCUT2D eigenvalue weighted by Gasteiger charge is -2.29. The summed E-state index contributed by atoms with van der Waals surface area (Å²) >= 11 is 0. The maximum atomic E-state index is 5.52. The molecule has 1 rings (SSSR count). The maximum Gasteiger partial charge on any atom is 0.123 e. The predicted octanol–water partition coefficient (Wildman–Crippen LogP) is 3.95. The highest BCUT2D eigenvalue weighted by Gasteiger charge is 2.24. The maximum absolute atomic E-state index is 5.52. The molecular weight excluding hydrogens is 222 g/mol. The minimum Gasteiger partial charge on any atom is -0.496 e. The van der Waals surface area contributed by atoms with Gasteiger partial charge in [-0.2, -0.15) is 0 Å². The summed E-state index contributed by atoms with van der Waals surface area (Å²) in [5.41, 5.74) is 2.56. The van der Waals surface area contributed by atoms with E-state index in [0.717, 1.165) is 12.3 Å². The van der Waals surface area contributed by atoms with Crippen LogP contribution in [0.5, 0.6) is 5.75 Å². The third kappa shape index (κ3) is 3.49. The van der Waals surface area contributed by atoms with Gasteiger partial charge in [0.2, 0.25) is 0 Å². The first-order valence-corrected chi connectivity index (χ1v) is 6.89. The number of aryl methyl sites for hydroxylation is 1. The Morgan fingerprint density at radius 1 is 1.22 bits per heavy atom. The van der Waals surface area contributed by atoms with Gasteiger partial charge in [0.1, 0.15) is 5.75 Å². The average molecular weight is 249 g/mol. The fourth-order valence-corrected chi connectivity index (χ4v) is 2.28. The van der Waals surface area contributed by atoms with Crippen LogP contribution in [0.1, 0.15) is 44.9 Å². The molecule has 2 nitrogen and oxygen atoms in total. The first-order chi connectivity index (χ1) is 8.51. The van der Waals surface area contributed by atoms with Crippen molar-refractivity contribution >= 4 is 0 Å². The van der Waals surface area contributed by atoms with Gasteiger partial charge >= 0.3 is 0 Å². The molecule has 1 N–H and O–H groups in total. The summed E-state index contributed by atoms with van der Waals surface area (Å²) < 4.78 is 5.52. The normalized spacial score (nSPS) is 14.6. The summed E-state index contributed by atoms with van der Waals surface area (Å²) in [6.45, 7) is 12.1. The van der Waals surface area contributed by atoms with E-state index in [1.807, 2.05) is 0 Å². The molecular formula is C16H27NO. The standard InChI is InChI=1S/C16H27NO/c1-7-17-16(13(5)11(2)3)14-10-12(4)8-9-15(14)18-6/h8-11,13,16-17H,7H2,1-6H3. The molecule has 102 valence electrons. The molecule has 2 unspecified atom stereocenters. The molecule has 1 aromatic rings. The van der Waals surface area contributed by atoms with E-state index in [2.05, 4.69) is 58.1 Å². The van der Waals surface area contributed by atoms with Crippen LogP contribution >= 0.6 is 0 Å². The third-order valence-electron chi connectivity index (χ3n) is 3.72. The van der Waals surface area contributed by atoms with E-state index in [1.165, 1.54) is 11.1 Å².